The number of rotatable bonds is 7. The van der Waals surface area contributed by atoms with Gasteiger partial charge in [0.2, 0.25) is 11.9 Å². The Morgan fingerprint density at radius 3 is 2.73 bits per heavy atom. The summed E-state index contributed by atoms with van der Waals surface area (Å²) in [7, 11) is 0. The van der Waals surface area contributed by atoms with Crippen molar-refractivity contribution in [3.8, 4) is 0 Å². The van der Waals surface area contributed by atoms with Crippen LogP contribution in [0.3, 0.4) is 0 Å². The molecule has 26 heavy (non-hydrogen) atoms. The van der Waals surface area contributed by atoms with E-state index >= 15 is 0 Å². The molecular formula is C16H17ClN8S. The van der Waals surface area contributed by atoms with Crippen molar-refractivity contribution in [1.82, 2.24) is 29.7 Å². The van der Waals surface area contributed by atoms with Crippen LogP contribution in [0.1, 0.15) is 11.6 Å². The van der Waals surface area contributed by atoms with Gasteiger partial charge in [0, 0.05) is 17.3 Å². The standard InChI is InChI=1S/C16H17ClN8S/c1-3-8-25-10(2)23-24-16(25)26-9-13-20-14(18)22-15(21-13)19-12-6-4-11(17)5-7-12/h3-7H,1,8-9H2,2H3,(H3,18,19,20,21,22). The maximum atomic E-state index is 5.89. The maximum Gasteiger partial charge on any atom is 0.232 e. The topological polar surface area (TPSA) is 107 Å². The number of nitrogens with one attached hydrogen (secondary N) is 1. The normalized spacial score (nSPS) is 10.7. The van der Waals surface area contributed by atoms with Gasteiger partial charge in [-0.2, -0.15) is 15.0 Å². The molecule has 0 radical (unpaired) electrons. The number of hydrogen-bond acceptors (Lipinski definition) is 8. The highest BCUT2D eigenvalue weighted by Gasteiger charge is 2.11. The highest BCUT2D eigenvalue weighted by Crippen LogP contribution is 2.22. The zero-order chi connectivity index (χ0) is 18.5. The molecular weight excluding hydrogens is 372 g/mol. The van der Waals surface area contributed by atoms with Crippen molar-refractivity contribution in [3.05, 3.63) is 53.6 Å². The van der Waals surface area contributed by atoms with Gasteiger partial charge in [-0.25, -0.2) is 0 Å². The van der Waals surface area contributed by atoms with Crippen molar-refractivity contribution in [2.24, 2.45) is 0 Å². The molecule has 2 aromatic heterocycles. The predicted octanol–water partition coefficient (Wildman–Crippen LogP) is 3.23. The third-order valence-electron chi connectivity index (χ3n) is 3.34. The van der Waals surface area contributed by atoms with Crippen LogP contribution < -0.4 is 11.1 Å². The Balaban J connectivity index is 1.73. The number of nitrogens with two attached hydrogens (primary N) is 1. The molecule has 0 fully saturated rings. The molecule has 0 aliphatic rings. The van der Waals surface area contributed by atoms with Crippen molar-refractivity contribution in [1.29, 1.82) is 0 Å². The van der Waals surface area contributed by atoms with Crippen molar-refractivity contribution in [2.45, 2.75) is 24.4 Å². The Morgan fingerprint density at radius 1 is 1.23 bits per heavy atom. The van der Waals surface area contributed by atoms with Gasteiger partial charge in [0.25, 0.3) is 0 Å². The number of aromatic nitrogens is 6. The molecule has 3 rings (SSSR count). The van der Waals surface area contributed by atoms with Crippen LogP contribution in [0.15, 0.2) is 42.1 Å². The molecule has 134 valence electrons. The number of anilines is 3. The van der Waals surface area contributed by atoms with Crippen LogP contribution in [0.25, 0.3) is 0 Å². The van der Waals surface area contributed by atoms with Crippen LogP contribution in [0.5, 0.6) is 0 Å². The molecule has 1 aromatic carbocycles. The second-order valence-electron chi connectivity index (χ2n) is 5.28. The number of benzene rings is 1. The van der Waals surface area contributed by atoms with E-state index < -0.39 is 0 Å². The first-order chi connectivity index (χ1) is 12.5. The van der Waals surface area contributed by atoms with Gasteiger partial charge in [-0.15, -0.1) is 16.8 Å². The van der Waals surface area contributed by atoms with Gasteiger partial charge < -0.3 is 15.6 Å². The molecule has 8 nitrogen and oxygen atoms in total. The summed E-state index contributed by atoms with van der Waals surface area (Å²) in [5.74, 6) is 2.38. The molecule has 10 heteroatoms. The minimum Gasteiger partial charge on any atom is -0.368 e. The summed E-state index contributed by atoms with van der Waals surface area (Å²) in [6, 6.07) is 7.22. The number of aryl methyl sites for hydroxylation is 1. The summed E-state index contributed by atoms with van der Waals surface area (Å²) < 4.78 is 1.97. The third-order valence-corrected chi connectivity index (χ3v) is 4.56. The van der Waals surface area contributed by atoms with Gasteiger partial charge >= 0.3 is 0 Å². The molecule has 0 atom stereocenters. The first-order valence-corrected chi connectivity index (χ1v) is 9.08. The van der Waals surface area contributed by atoms with E-state index in [1.807, 2.05) is 23.6 Å². The average Bonchev–Trinajstić information content (AvgIpc) is 2.95. The van der Waals surface area contributed by atoms with E-state index in [0.29, 0.717) is 29.1 Å². The Kier molecular flexibility index (Phi) is 5.69. The van der Waals surface area contributed by atoms with Crippen LogP contribution in [0.2, 0.25) is 5.02 Å². The van der Waals surface area contributed by atoms with E-state index in [1.54, 1.807) is 18.2 Å². The number of halogens is 1. The smallest absolute Gasteiger partial charge is 0.232 e. The van der Waals surface area contributed by atoms with Crippen LogP contribution >= 0.6 is 23.4 Å². The minimum absolute atomic E-state index is 0.149. The van der Waals surface area contributed by atoms with Crippen LogP contribution in [-0.2, 0) is 12.3 Å². The van der Waals surface area contributed by atoms with Gasteiger partial charge in [0.15, 0.2) is 5.16 Å². The highest BCUT2D eigenvalue weighted by molar-refractivity contribution is 7.98. The molecule has 0 aliphatic heterocycles. The molecule has 0 amide bonds. The number of nitrogens with zero attached hydrogens (tertiary/aromatic N) is 6. The van der Waals surface area contributed by atoms with E-state index in [2.05, 4.69) is 37.0 Å². The molecule has 3 aromatic rings. The zero-order valence-corrected chi connectivity index (χ0v) is 15.6. The number of hydrogen-bond donors (Lipinski definition) is 2. The molecule has 2 heterocycles. The lowest BCUT2D eigenvalue weighted by Crippen LogP contribution is -2.07. The second kappa shape index (κ2) is 8.15. The summed E-state index contributed by atoms with van der Waals surface area (Å²) in [5, 5.41) is 12.8. The molecule has 0 saturated heterocycles. The fourth-order valence-corrected chi connectivity index (χ4v) is 3.13. The second-order valence-corrected chi connectivity index (χ2v) is 6.66. The van der Waals surface area contributed by atoms with Gasteiger partial charge in [0.1, 0.15) is 11.6 Å². The van der Waals surface area contributed by atoms with E-state index in [9.17, 15) is 0 Å². The lowest BCUT2D eigenvalue weighted by Gasteiger charge is -2.08. The van der Waals surface area contributed by atoms with Crippen molar-refractivity contribution < 1.29 is 0 Å². The van der Waals surface area contributed by atoms with Crippen molar-refractivity contribution in [3.63, 3.8) is 0 Å². The number of thioether (sulfide) groups is 1. The lowest BCUT2D eigenvalue weighted by molar-refractivity contribution is 0.703. The zero-order valence-electron chi connectivity index (χ0n) is 14.1. The van der Waals surface area contributed by atoms with E-state index in [-0.39, 0.29) is 5.95 Å². The van der Waals surface area contributed by atoms with Crippen molar-refractivity contribution >= 4 is 40.9 Å². The Hall–Kier alpha value is -2.65. The summed E-state index contributed by atoms with van der Waals surface area (Å²) in [6.45, 7) is 6.29. The molecule has 0 spiro atoms. The molecule has 0 aliphatic carbocycles. The van der Waals surface area contributed by atoms with E-state index in [4.69, 9.17) is 17.3 Å². The minimum atomic E-state index is 0.149. The summed E-state index contributed by atoms with van der Waals surface area (Å²) >= 11 is 7.37. The van der Waals surface area contributed by atoms with Gasteiger partial charge in [-0.1, -0.05) is 29.4 Å². The average molecular weight is 389 g/mol. The molecule has 0 bridgehead atoms. The first-order valence-electron chi connectivity index (χ1n) is 7.71. The van der Waals surface area contributed by atoms with Gasteiger partial charge in [0.05, 0.1) is 5.75 Å². The first kappa shape index (κ1) is 18.2. The quantitative estimate of drug-likeness (QED) is 0.469. The van der Waals surface area contributed by atoms with E-state index in [0.717, 1.165) is 16.7 Å². The predicted molar refractivity (Wildman–Crippen MR) is 103 cm³/mol. The van der Waals surface area contributed by atoms with E-state index in [1.165, 1.54) is 11.8 Å². The van der Waals surface area contributed by atoms with Crippen LogP contribution in [0, 0.1) is 6.92 Å². The van der Waals surface area contributed by atoms with Gasteiger partial charge in [-0.05, 0) is 31.2 Å². The van der Waals surface area contributed by atoms with Gasteiger partial charge in [-0.3, -0.25) is 0 Å². The van der Waals surface area contributed by atoms with Crippen LogP contribution in [-0.4, -0.2) is 29.7 Å². The van der Waals surface area contributed by atoms with Crippen LogP contribution in [0.4, 0.5) is 17.6 Å². The fraction of sp³-hybridized carbons (Fsp3) is 0.188. The summed E-state index contributed by atoms with van der Waals surface area (Å²) in [6.07, 6.45) is 1.80. The van der Waals surface area contributed by atoms with Crippen molar-refractivity contribution in [2.75, 3.05) is 11.1 Å². The highest BCUT2D eigenvalue weighted by atomic mass is 35.5. The number of nitrogen functional groups attached to an aromatic ring is 1. The Labute approximate surface area is 159 Å². The summed E-state index contributed by atoms with van der Waals surface area (Å²) in [5.41, 5.74) is 6.61. The SMILES string of the molecule is C=CCn1c(C)nnc1SCc1nc(N)nc(Nc2ccc(Cl)cc2)n1. The largest absolute Gasteiger partial charge is 0.368 e. The molecule has 3 N–H and O–H groups in total. The lowest BCUT2D eigenvalue weighted by atomic mass is 10.3. The molecule has 0 unspecified atom stereocenters. The monoisotopic (exact) mass is 388 g/mol. The Morgan fingerprint density at radius 2 is 2.00 bits per heavy atom. The molecule has 0 saturated carbocycles. The number of allylic oxidation sites excluding steroid dienone is 1. The third kappa shape index (κ3) is 4.50. The maximum absolute atomic E-state index is 5.89. The summed E-state index contributed by atoms with van der Waals surface area (Å²) in [4.78, 5) is 12.7. The fourth-order valence-electron chi connectivity index (χ4n) is 2.16. The Bertz CT molecular complexity index is 909.